The molecule has 0 spiro atoms. The third-order valence-electron chi connectivity index (χ3n) is 2.13. The molecule has 0 atom stereocenters. The Bertz CT molecular complexity index is 713. The minimum atomic E-state index is 0.189. The maximum absolute atomic E-state index is 5.89. The molecule has 16 heavy (non-hydrogen) atoms. The van der Waals surface area contributed by atoms with Crippen LogP contribution in [0.25, 0.3) is 14.8 Å². The number of halogens is 1. The first-order chi connectivity index (χ1) is 7.75. The molecule has 2 aromatic heterocycles. The van der Waals surface area contributed by atoms with Gasteiger partial charge in [-0.15, -0.1) is 0 Å². The van der Waals surface area contributed by atoms with Crippen molar-refractivity contribution in [1.82, 2.24) is 8.55 Å². The second-order valence-corrected chi connectivity index (χ2v) is 7.23. The van der Waals surface area contributed by atoms with Crippen molar-refractivity contribution in [2.75, 3.05) is 0 Å². The molecule has 0 saturated carbocycles. The van der Waals surface area contributed by atoms with E-state index in [0.717, 1.165) is 15.2 Å². The van der Waals surface area contributed by atoms with E-state index in [9.17, 15) is 0 Å². The normalized spacial score (nSPS) is 11.1. The second-order valence-electron chi connectivity index (χ2n) is 3.13. The van der Waals surface area contributed by atoms with E-state index < -0.39 is 0 Å². The summed E-state index contributed by atoms with van der Waals surface area (Å²) in [6.07, 6.45) is 1.67. The van der Waals surface area contributed by atoms with Crippen LogP contribution in [-0.2, 0) is 0 Å². The van der Waals surface area contributed by atoms with Crippen LogP contribution < -0.4 is 0 Å². The first kappa shape index (κ1) is 10.7. The summed E-state index contributed by atoms with van der Waals surface area (Å²) in [5, 5.41) is 2.05. The Hall–Kier alpha value is -0.451. The number of aromatic nitrogens is 2. The molecule has 0 aliphatic rings. The van der Waals surface area contributed by atoms with Crippen molar-refractivity contribution in [3.05, 3.63) is 39.4 Å². The molecule has 0 saturated heterocycles. The molecule has 2 nitrogen and oxygen atoms in total. The van der Waals surface area contributed by atoms with Crippen LogP contribution in [-0.4, -0.2) is 23.3 Å². The van der Waals surface area contributed by atoms with Crippen LogP contribution in [0, 0.1) is 4.64 Å². The van der Waals surface area contributed by atoms with Crippen molar-refractivity contribution in [1.29, 1.82) is 0 Å². The summed E-state index contributed by atoms with van der Waals surface area (Å²) in [6.45, 7) is 0. The van der Waals surface area contributed by atoms with Crippen molar-refractivity contribution in [2.24, 2.45) is 0 Å². The summed E-state index contributed by atoms with van der Waals surface area (Å²) < 4.78 is 4.96. The molecular formula is C10H5ClN2S2Se. The molecule has 0 aliphatic heterocycles. The number of hydrogen-bond donors (Lipinski definition) is 0. The fourth-order valence-electron chi connectivity index (χ4n) is 1.44. The molecule has 6 heteroatoms. The zero-order valence-corrected chi connectivity index (χ0v) is 12.0. The predicted molar refractivity (Wildman–Crippen MR) is 71.7 cm³/mol. The second kappa shape index (κ2) is 4.09. The van der Waals surface area contributed by atoms with Crippen LogP contribution >= 0.6 is 35.2 Å². The van der Waals surface area contributed by atoms with Crippen molar-refractivity contribution in [3.63, 3.8) is 0 Å². The van der Waals surface area contributed by atoms with Crippen LogP contribution in [0.15, 0.2) is 30.5 Å². The van der Waals surface area contributed by atoms with Gasteiger partial charge >= 0.3 is 113 Å². The third kappa shape index (κ3) is 1.69. The van der Waals surface area contributed by atoms with Crippen LogP contribution in [0.5, 0.6) is 0 Å². The van der Waals surface area contributed by atoms with Gasteiger partial charge in [0.05, 0.1) is 0 Å². The fourth-order valence-corrected chi connectivity index (χ4v) is 5.24. The van der Waals surface area contributed by atoms with E-state index in [0.29, 0.717) is 4.34 Å². The summed E-state index contributed by atoms with van der Waals surface area (Å²) in [5.74, 6) is 0. The van der Waals surface area contributed by atoms with Gasteiger partial charge in [0.1, 0.15) is 0 Å². The number of rotatable bonds is 1. The summed E-state index contributed by atoms with van der Waals surface area (Å²) in [4.78, 5) is 4.27. The number of hydrogen-bond acceptors (Lipinski definition) is 3. The van der Waals surface area contributed by atoms with Crippen LogP contribution in [0.1, 0.15) is 0 Å². The molecule has 3 aromatic rings. The van der Waals surface area contributed by atoms with E-state index >= 15 is 0 Å². The Kier molecular flexibility index (Phi) is 2.73. The minimum absolute atomic E-state index is 0.189. The molecule has 0 unspecified atom stereocenters. The Morgan fingerprint density at radius 1 is 1.38 bits per heavy atom. The molecule has 80 valence electrons. The van der Waals surface area contributed by atoms with Gasteiger partial charge in [0.25, 0.3) is 0 Å². The zero-order chi connectivity index (χ0) is 11.1. The van der Waals surface area contributed by atoms with Gasteiger partial charge in [-0.2, -0.15) is 0 Å². The zero-order valence-electron chi connectivity index (χ0n) is 7.88. The first-order valence-electron chi connectivity index (χ1n) is 4.48. The Labute approximate surface area is 112 Å². The first-order valence-corrected chi connectivity index (χ1v) is 7.71. The molecule has 1 aromatic carbocycles. The van der Waals surface area contributed by atoms with Gasteiger partial charge in [0.15, 0.2) is 0 Å². The van der Waals surface area contributed by atoms with Crippen molar-refractivity contribution in [2.45, 2.75) is 0 Å². The molecule has 0 N–H and O–H groups in total. The molecule has 3 rings (SSSR count). The molecule has 0 amide bonds. The Balaban J connectivity index is 2.33. The monoisotopic (exact) mass is 332 g/mol. The average Bonchev–Trinajstić information content (AvgIpc) is 2.84. The third-order valence-corrected chi connectivity index (χ3v) is 6.44. The summed E-state index contributed by atoms with van der Waals surface area (Å²) >= 11 is 13.0. The van der Waals surface area contributed by atoms with E-state index in [2.05, 4.69) is 20.7 Å². The maximum atomic E-state index is 5.89. The number of thiazole rings is 1. The van der Waals surface area contributed by atoms with Gasteiger partial charge in [-0.1, -0.05) is 0 Å². The standard InChI is InChI=1S/C10H5ClN2S2Se/c11-8-5-12-10(15-8)13-9(14)6-3-1-2-4-7(6)16-13/h1-5H. The van der Waals surface area contributed by atoms with Gasteiger partial charge in [-0.3, -0.25) is 0 Å². The van der Waals surface area contributed by atoms with Gasteiger partial charge in [0.2, 0.25) is 0 Å². The van der Waals surface area contributed by atoms with Gasteiger partial charge in [-0.05, 0) is 0 Å². The molecular weight excluding hydrogens is 327 g/mol. The summed E-state index contributed by atoms with van der Waals surface area (Å²) in [7, 11) is 0. The Morgan fingerprint density at radius 3 is 2.88 bits per heavy atom. The van der Waals surface area contributed by atoms with E-state index in [-0.39, 0.29) is 14.7 Å². The summed E-state index contributed by atoms with van der Waals surface area (Å²) in [5.41, 5.74) is 0. The molecule has 0 fully saturated rings. The molecule has 2 heterocycles. The quantitative estimate of drug-likeness (QED) is 0.501. The molecule has 0 bridgehead atoms. The van der Waals surface area contributed by atoms with E-state index in [1.165, 1.54) is 15.6 Å². The van der Waals surface area contributed by atoms with E-state index in [1.807, 2.05) is 12.1 Å². The molecule has 0 radical (unpaired) electrons. The van der Waals surface area contributed by atoms with E-state index in [1.54, 1.807) is 6.20 Å². The SMILES string of the molecule is S=c1c2ccccc2[se]n1-c1ncc(Cl)s1. The van der Waals surface area contributed by atoms with Crippen molar-refractivity contribution < 1.29 is 0 Å². The fraction of sp³-hybridized carbons (Fsp3) is 0. The number of fused-ring (bicyclic) bond motifs is 1. The van der Waals surface area contributed by atoms with Crippen LogP contribution in [0.4, 0.5) is 0 Å². The van der Waals surface area contributed by atoms with E-state index in [4.69, 9.17) is 23.8 Å². The average molecular weight is 332 g/mol. The van der Waals surface area contributed by atoms with Gasteiger partial charge in [-0.25, -0.2) is 0 Å². The van der Waals surface area contributed by atoms with Crippen LogP contribution in [0.3, 0.4) is 0 Å². The summed E-state index contributed by atoms with van der Waals surface area (Å²) in [6, 6.07) is 8.24. The number of benzene rings is 1. The van der Waals surface area contributed by atoms with Crippen LogP contribution in [0.2, 0.25) is 4.34 Å². The predicted octanol–water partition coefficient (Wildman–Crippen LogP) is 3.53. The van der Waals surface area contributed by atoms with Crippen molar-refractivity contribution >= 4 is 59.5 Å². The van der Waals surface area contributed by atoms with Crippen molar-refractivity contribution in [3.8, 4) is 5.13 Å². The Morgan fingerprint density at radius 2 is 2.19 bits per heavy atom. The van der Waals surface area contributed by atoms with Gasteiger partial charge < -0.3 is 0 Å². The molecule has 0 aliphatic carbocycles. The number of nitrogens with zero attached hydrogens (tertiary/aromatic N) is 2. The topological polar surface area (TPSA) is 17.8 Å². The van der Waals surface area contributed by atoms with Gasteiger partial charge in [0, 0.05) is 0 Å².